The quantitative estimate of drug-likeness (QED) is 0.870. The molecule has 0 spiro atoms. The van der Waals surface area contributed by atoms with Crippen LogP contribution in [0.4, 0.5) is 0 Å². The van der Waals surface area contributed by atoms with E-state index in [0.717, 1.165) is 38.8 Å². The van der Waals surface area contributed by atoms with Crippen molar-refractivity contribution in [3.63, 3.8) is 0 Å². The lowest BCUT2D eigenvalue weighted by Crippen LogP contribution is -2.39. The first-order valence-corrected chi connectivity index (χ1v) is 8.82. The van der Waals surface area contributed by atoms with E-state index in [-0.39, 0.29) is 5.92 Å². The average Bonchev–Trinajstić information content (AvgIpc) is 2.63. The van der Waals surface area contributed by atoms with Gasteiger partial charge in [-0.15, -0.1) is 0 Å². The van der Waals surface area contributed by atoms with Gasteiger partial charge in [0, 0.05) is 6.54 Å². The molecule has 0 aliphatic carbocycles. The van der Waals surface area contributed by atoms with E-state index in [4.69, 9.17) is 0 Å². The van der Waals surface area contributed by atoms with Crippen LogP contribution in [0.15, 0.2) is 54.6 Å². The number of carbonyl (C=O) groups is 1. The number of carboxylic acid groups (broad SMARTS) is 1. The number of piperidine rings is 1. The molecule has 1 heterocycles. The lowest BCUT2D eigenvalue weighted by Gasteiger charge is -2.30. The number of hydrogen-bond acceptors (Lipinski definition) is 2. The molecule has 1 aliphatic heterocycles. The summed E-state index contributed by atoms with van der Waals surface area (Å²) < 4.78 is 0. The van der Waals surface area contributed by atoms with Gasteiger partial charge in [-0.05, 0) is 55.5 Å². The Balaban J connectivity index is 1.59. The van der Waals surface area contributed by atoms with Crippen LogP contribution in [-0.2, 0) is 11.2 Å². The Kier molecular flexibility index (Phi) is 5.65. The van der Waals surface area contributed by atoms with Crippen molar-refractivity contribution in [1.82, 2.24) is 4.90 Å². The number of benzene rings is 2. The molecule has 0 aromatic heterocycles. The molecule has 1 aliphatic rings. The maximum absolute atomic E-state index is 11.2. The van der Waals surface area contributed by atoms with Gasteiger partial charge in [-0.2, -0.15) is 0 Å². The monoisotopic (exact) mass is 323 g/mol. The van der Waals surface area contributed by atoms with Gasteiger partial charge in [-0.3, -0.25) is 4.79 Å². The minimum atomic E-state index is -0.644. The predicted molar refractivity (Wildman–Crippen MR) is 97.0 cm³/mol. The topological polar surface area (TPSA) is 40.5 Å². The van der Waals surface area contributed by atoms with E-state index in [9.17, 15) is 9.90 Å². The fourth-order valence-electron chi connectivity index (χ4n) is 3.59. The van der Waals surface area contributed by atoms with E-state index in [1.54, 1.807) is 0 Å². The molecule has 0 bridgehead atoms. The minimum absolute atomic E-state index is 0.185. The number of aliphatic carboxylic acids is 1. The summed E-state index contributed by atoms with van der Waals surface area (Å²) in [6.45, 7) is 2.71. The van der Waals surface area contributed by atoms with Gasteiger partial charge in [0.1, 0.15) is 0 Å². The number of likely N-dealkylation sites (tertiary alicyclic amines) is 1. The summed E-state index contributed by atoms with van der Waals surface area (Å²) in [7, 11) is 0. The SMILES string of the molecule is O=C(O)C1CCCN(CCCc2ccccc2-c2ccccc2)C1. The second-order valence-electron chi connectivity index (χ2n) is 6.60. The van der Waals surface area contributed by atoms with Gasteiger partial charge >= 0.3 is 5.97 Å². The van der Waals surface area contributed by atoms with Crippen molar-refractivity contribution < 1.29 is 9.90 Å². The van der Waals surface area contributed by atoms with Gasteiger partial charge in [-0.25, -0.2) is 0 Å². The first-order valence-electron chi connectivity index (χ1n) is 8.82. The zero-order chi connectivity index (χ0) is 16.8. The number of aryl methyl sites for hydroxylation is 1. The molecule has 1 saturated heterocycles. The molecule has 2 aromatic rings. The molecule has 1 fully saturated rings. The number of rotatable bonds is 6. The highest BCUT2D eigenvalue weighted by Crippen LogP contribution is 2.25. The van der Waals surface area contributed by atoms with E-state index in [1.807, 2.05) is 6.07 Å². The second kappa shape index (κ2) is 8.11. The predicted octanol–water partition coefficient (Wildman–Crippen LogP) is 4.08. The van der Waals surface area contributed by atoms with Crippen LogP contribution in [0.25, 0.3) is 11.1 Å². The van der Waals surface area contributed by atoms with Crippen LogP contribution in [0.3, 0.4) is 0 Å². The molecule has 1 atom stereocenters. The molecule has 2 aromatic carbocycles. The van der Waals surface area contributed by atoms with Crippen LogP contribution in [-0.4, -0.2) is 35.6 Å². The third-order valence-corrected chi connectivity index (χ3v) is 4.88. The van der Waals surface area contributed by atoms with Crippen molar-refractivity contribution >= 4 is 5.97 Å². The highest BCUT2D eigenvalue weighted by molar-refractivity contribution is 5.70. The van der Waals surface area contributed by atoms with Crippen LogP contribution in [0, 0.1) is 5.92 Å². The fraction of sp³-hybridized carbons (Fsp3) is 0.381. The molecule has 1 N–H and O–H groups in total. The van der Waals surface area contributed by atoms with Crippen molar-refractivity contribution in [2.75, 3.05) is 19.6 Å². The highest BCUT2D eigenvalue weighted by Gasteiger charge is 2.24. The highest BCUT2D eigenvalue weighted by atomic mass is 16.4. The summed E-state index contributed by atoms with van der Waals surface area (Å²) in [6, 6.07) is 19.1. The van der Waals surface area contributed by atoms with Crippen molar-refractivity contribution in [3.05, 3.63) is 60.2 Å². The van der Waals surface area contributed by atoms with E-state index in [0.29, 0.717) is 6.54 Å². The largest absolute Gasteiger partial charge is 0.481 e. The van der Waals surface area contributed by atoms with E-state index >= 15 is 0 Å². The molecular weight excluding hydrogens is 298 g/mol. The van der Waals surface area contributed by atoms with Crippen LogP contribution >= 0.6 is 0 Å². The minimum Gasteiger partial charge on any atom is -0.481 e. The lowest BCUT2D eigenvalue weighted by molar-refractivity contribution is -0.143. The summed E-state index contributed by atoms with van der Waals surface area (Å²) in [5, 5.41) is 9.20. The summed E-state index contributed by atoms with van der Waals surface area (Å²) >= 11 is 0. The standard InChI is InChI=1S/C21H25NO2/c23-21(24)19-12-7-15-22(16-19)14-6-11-18-10-4-5-13-20(18)17-8-2-1-3-9-17/h1-5,8-10,13,19H,6-7,11-12,14-16H2,(H,23,24). The Labute approximate surface area is 143 Å². The molecule has 3 heteroatoms. The van der Waals surface area contributed by atoms with Gasteiger partial charge in [0.2, 0.25) is 0 Å². The van der Waals surface area contributed by atoms with Gasteiger partial charge < -0.3 is 10.0 Å². The molecule has 126 valence electrons. The van der Waals surface area contributed by atoms with Crippen LogP contribution in [0.2, 0.25) is 0 Å². The van der Waals surface area contributed by atoms with Crippen molar-refractivity contribution in [1.29, 1.82) is 0 Å². The van der Waals surface area contributed by atoms with Gasteiger partial charge in [-0.1, -0.05) is 54.6 Å². The Hall–Kier alpha value is -2.13. The smallest absolute Gasteiger partial charge is 0.307 e. The van der Waals surface area contributed by atoms with E-state index in [1.165, 1.54) is 16.7 Å². The van der Waals surface area contributed by atoms with Crippen molar-refractivity contribution in [2.45, 2.75) is 25.7 Å². The molecule has 1 unspecified atom stereocenters. The van der Waals surface area contributed by atoms with Crippen LogP contribution < -0.4 is 0 Å². The number of nitrogens with zero attached hydrogens (tertiary/aromatic N) is 1. The Morgan fingerprint density at radius 1 is 1.08 bits per heavy atom. The molecule has 0 saturated carbocycles. The summed E-state index contributed by atoms with van der Waals surface area (Å²) in [5.74, 6) is -0.829. The van der Waals surface area contributed by atoms with E-state index < -0.39 is 5.97 Å². The molecule has 3 nitrogen and oxygen atoms in total. The summed E-state index contributed by atoms with van der Waals surface area (Å²) in [5.41, 5.74) is 3.94. The van der Waals surface area contributed by atoms with E-state index in [2.05, 4.69) is 53.4 Å². The van der Waals surface area contributed by atoms with Gasteiger partial charge in [0.05, 0.1) is 5.92 Å². The van der Waals surface area contributed by atoms with Crippen LogP contribution in [0.5, 0.6) is 0 Å². The molecule has 0 amide bonds. The van der Waals surface area contributed by atoms with Gasteiger partial charge in [0.15, 0.2) is 0 Å². The summed E-state index contributed by atoms with van der Waals surface area (Å²) in [4.78, 5) is 13.5. The summed E-state index contributed by atoms with van der Waals surface area (Å²) in [6.07, 6.45) is 3.91. The lowest BCUT2D eigenvalue weighted by atomic mass is 9.95. The second-order valence-corrected chi connectivity index (χ2v) is 6.60. The normalized spacial score (nSPS) is 18.4. The average molecular weight is 323 g/mol. The number of hydrogen-bond donors (Lipinski definition) is 1. The third kappa shape index (κ3) is 4.24. The fourth-order valence-corrected chi connectivity index (χ4v) is 3.59. The van der Waals surface area contributed by atoms with Crippen LogP contribution in [0.1, 0.15) is 24.8 Å². The number of carboxylic acids is 1. The maximum Gasteiger partial charge on any atom is 0.307 e. The molecule has 24 heavy (non-hydrogen) atoms. The van der Waals surface area contributed by atoms with Crippen molar-refractivity contribution in [3.8, 4) is 11.1 Å². The third-order valence-electron chi connectivity index (χ3n) is 4.88. The van der Waals surface area contributed by atoms with Gasteiger partial charge in [0.25, 0.3) is 0 Å². The first kappa shape index (κ1) is 16.7. The Bertz CT molecular complexity index is 669. The zero-order valence-electron chi connectivity index (χ0n) is 14.0. The Morgan fingerprint density at radius 3 is 2.62 bits per heavy atom. The molecular formula is C21H25NO2. The Morgan fingerprint density at radius 2 is 1.83 bits per heavy atom. The first-order chi connectivity index (χ1) is 11.7. The van der Waals surface area contributed by atoms with Crippen molar-refractivity contribution in [2.24, 2.45) is 5.92 Å². The maximum atomic E-state index is 11.2. The molecule has 3 rings (SSSR count). The molecule has 0 radical (unpaired) electrons. The zero-order valence-corrected chi connectivity index (χ0v) is 14.0.